The van der Waals surface area contributed by atoms with E-state index in [2.05, 4.69) is 15.3 Å². The molecule has 0 saturated heterocycles. The summed E-state index contributed by atoms with van der Waals surface area (Å²) in [5, 5.41) is 13.6. The molecule has 0 aliphatic heterocycles. The molecule has 0 amide bonds. The van der Waals surface area contributed by atoms with Crippen LogP contribution in [0.25, 0.3) is 16.3 Å². The Bertz CT molecular complexity index is 689. The molecule has 0 unspecified atom stereocenters. The molecule has 2 heterocycles. The first-order chi connectivity index (χ1) is 9.31. The van der Waals surface area contributed by atoms with Gasteiger partial charge in [-0.25, -0.2) is 0 Å². The molecule has 0 atom stereocenters. The SMILES string of the molecule is COCc1nn2c(-c3ccc(OC)cc3)nnc2s1. The van der Waals surface area contributed by atoms with Crippen LogP contribution in [0.15, 0.2) is 24.3 Å². The van der Waals surface area contributed by atoms with Crippen molar-refractivity contribution in [1.82, 2.24) is 19.8 Å². The zero-order valence-corrected chi connectivity index (χ0v) is 11.3. The van der Waals surface area contributed by atoms with Crippen molar-refractivity contribution in [2.75, 3.05) is 14.2 Å². The Morgan fingerprint density at radius 2 is 1.95 bits per heavy atom. The average Bonchev–Trinajstić information content (AvgIpc) is 2.99. The molecule has 0 radical (unpaired) electrons. The van der Waals surface area contributed by atoms with Gasteiger partial charge in [-0.1, -0.05) is 11.3 Å². The lowest BCUT2D eigenvalue weighted by Gasteiger charge is -2.00. The van der Waals surface area contributed by atoms with E-state index in [1.165, 1.54) is 11.3 Å². The highest BCUT2D eigenvalue weighted by atomic mass is 32.1. The number of hydrogen-bond acceptors (Lipinski definition) is 6. The van der Waals surface area contributed by atoms with Gasteiger partial charge < -0.3 is 9.47 Å². The normalized spacial score (nSPS) is 11.1. The van der Waals surface area contributed by atoms with Crippen molar-refractivity contribution >= 4 is 16.3 Å². The van der Waals surface area contributed by atoms with E-state index in [1.807, 2.05) is 24.3 Å². The molecule has 7 heteroatoms. The topological polar surface area (TPSA) is 61.5 Å². The lowest BCUT2D eigenvalue weighted by atomic mass is 10.2. The van der Waals surface area contributed by atoms with E-state index in [0.717, 1.165) is 27.1 Å². The number of hydrogen-bond donors (Lipinski definition) is 0. The number of aromatic nitrogens is 4. The zero-order valence-electron chi connectivity index (χ0n) is 10.5. The van der Waals surface area contributed by atoms with Crippen molar-refractivity contribution in [2.45, 2.75) is 6.61 Å². The summed E-state index contributed by atoms with van der Waals surface area (Å²) >= 11 is 1.47. The Kier molecular flexibility index (Phi) is 3.14. The minimum atomic E-state index is 0.482. The molecule has 3 aromatic rings. The molecule has 0 fully saturated rings. The molecule has 1 aromatic carbocycles. The van der Waals surface area contributed by atoms with Crippen LogP contribution < -0.4 is 4.74 Å². The van der Waals surface area contributed by atoms with Gasteiger partial charge in [0.1, 0.15) is 10.8 Å². The summed E-state index contributed by atoms with van der Waals surface area (Å²) in [5.41, 5.74) is 0.947. The number of rotatable bonds is 4. The molecule has 2 aromatic heterocycles. The molecule has 98 valence electrons. The molecule has 0 N–H and O–H groups in total. The van der Waals surface area contributed by atoms with Crippen LogP contribution in [0.2, 0.25) is 0 Å². The summed E-state index contributed by atoms with van der Waals surface area (Å²) in [5.74, 6) is 1.53. The molecule has 0 aliphatic carbocycles. The van der Waals surface area contributed by atoms with E-state index in [0.29, 0.717) is 6.61 Å². The standard InChI is InChI=1S/C12H12N4O2S/c1-17-7-10-15-16-11(13-14-12(16)19-10)8-3-5-9(18-2)6-4-8/h3-6H,7H2,1-2H3. The molecule has 0 spiro atoms. The van der Waals surface area contributed by atoms with Gasteiger partial charge in [0.25, 0.3) is 0 Å². The average molecular weight is 276 g/mol. The van der Waals surface area contributed by atoms with Crippen molar-refractivity contribution in [1.29, 1.82) is 0 Å². The van der Waals surface area contributed by atoms with Gasteiger partial charge in [0, 0.05) is 12.7 Å². The second kappa shape index (κ2) is 4.94. The van der Waals surface area contributed by atoms with Crippen molar-refractivity contribution in [3.8, 4) is 17.1 Å². The lowest BCUT2D eigenvalue weighted by Crippen LogP contribution is -1.93. The van der Waals surface area contributed by atoms with Gasteiger partial charge in [-0.3, -0.25) is 0 Å². The third-order valence-corrected chi connectivity index (χ3v) is 3.52. The Labute approximate surface area is 113 Å². The monoisotopic (exact) mass is 276 g/mol. The van der Waals surface area contributed by atoms with Gasteiger partial charge in [0.05, 0.1) is 13.7 Å². The summed E-state index contributed by atoms with van der Waals surface area (Å²) in [4.78, 5) is 0.762. The zero-order chi connectivity index (χ0) is 13.2. The van der Waals surface area contributed by atoms with E-state index < -0.39 is 0 Å². The first kappa shape index (κ1) is 12.1. The van der Waals surface area contributed by atoms with Crippen molar-refractivity contribution in [3.63, 3.8) is 0 Å². The third kappa shape index (κ3) is 2.18. The Balaban J connectivity index is 2.03. The maximum absolute atomic E-state index is 5.14. The molecule has 0 bridgehead atoms. The number of nitrogens with zero attached hydrogens (tertiary/aromatic N) is 4. The van der Waals surface area contributed by atoms with Crippen LogP contribution in [0.5, 0.6) is 5.75 Å². The highest BCUT2D eigenvalue weighted by molar-refractivity contribution is 7.16. The number of ether oxygens (including phenoxy) is 2. The van der Waals surface area contributed by atoms with Gasteiger partial charge in [-0.05, 0) is 24.3 Å². The smallest absolute Gasteiger partial charge is 0.235 e. The highest BCUT2D eigenvalue weighted by Crippen LogP contribution is 2.23. The van der Waals surface area contributed by atoms with E-state index in [9.17, 15) is 0 Å². The van der Waals surface area contributed by atoms with Crippen molar-refractivity contribution in [2.24, 2.45) is 0 Å². The first-order valence-electron chi connectivity index (χ1n) is 5.66. The second-order valence-electron chi connectivity index (χ2n) is 3.88. The predicted octanol–water partition coefficient (Wildman–Crippen LogP) is 2.01. The lowest BCUT2D eigenvalue weighted by molar-refractivity contribution is 0.183. The Hall–Kier alpha value is -1.99. The van der Waals surface area contributed by atoms with Crippen molar-refractivity contribution < 1.29 is 9.47 Å². The Morgan fingerprint density at radius 3 is 2.63 bits per heavy atom. The minimum Gasteiger partial charge on any atom is -0.497 e. The van der Waals surface area contributed by atoms with Crippen LogP contribution in [-0.2, 0) is 11.3 Å². The van der Waals surface area contributed by atoms with Crippen molar-refractivity contribution in [3.05, 3.63) is 29.3 Å². The van der Waals surface area contributed by atoms with Gasteiger partial charge >= 0.3 is 0 Å². The minimum absolute atomic E-state index is 0.482. The number of benzene rings is 1. The fourth-order valence-corrected chi connectivity index (χ4v) is 2.56. The fraction of sp³-hybridized carbons (Fsp3) is 0.250. The summed E-state index contributed by atoms with van der Waals surface area (Å²) in [6, 6.07) is 7.65. The molecule has 19 heavy (non-hydrogen) atoms. The number of fused-ring (bicyclic) bond motifs is 1. The summed E-state index contributed by atoms with van der Waals surface area (Å²) in [6.07, 6.45) is 0. The fourth-order valence-electron chi connectivity index (χ4n) is 1.76. The third-order valence-electron chi connectivity index (χ3n) is 2.65. The molecule has 6 nitrogen and oxygen atoms in total. The van der Waals surface area contributed by atoms with Crippen LogP contribution in [0.3, 0.4) is 0 Å². The largest absolute Gasteiger partial charge is 0.497 e. The van der Waals surface area contributed by atoms with Crippen LogP contribution in [0.1, 0.15) is 5.01 Å². The van der Waals surface area contributed by atoms with E-state index in [-0.39, 0.29) is 0 Å². The summed E-state index contributed by atoms with van der Waals surface area (Å²) in [7, 11) is 3.29. The van der Waals surface area contributed by atoms with Crippen LogP contribution in [0.4, 0.5) is 0 Å². The van der Waals surface area contributed by atoms with Crippen LogP contribution in [-0.4, -0.2) is 34.0 Å². The molecular weight excluding hydrogens is 264 g/mol. The first-order valence-corrected chi connectivity index (χ1v) is 6.48. The van der Waals surface area contributed by atoms with Crippen LogP contribution in [0, 0.1) is 0 Å². The van der Waals surface area contributed by atoms with Crippen LogP contribution >= 0.6 is 11.3 Å². The van der Waals surface area contributed by atoms with Gasteiger partial charge in [-0.15, -0.1) is 10.2 Å². The molecule has 0 aliphatic rings. The summed E-state index contributed by atoms with van der Waals surface area (Å²) in [6.45, 7) is 0.482. The molecule has 3 rings (SSSR count). The number of methoxy groups -OCH3 is 2. The van der Waals surface area contributed by atoms with Gasteiger partial charge in [-0.2, -0.15) is 9.61 Å². The predicted molar refractivity (Wildman–Crippen MR) is 71.4 cm³/mol. The Morgan fingerprint density at radius 1 is 1.16 bits per heavy atom. The van der Waals surface area contributed by atoms with E-state index in [1.54, 1.807) is 18.7 Å². The van der Waals surface area contributed by atoms with Gasteiger partial charge in [0.2, 0.25) is 4.96 Å². The molecular formula is C12H12N4O2S. The maximum Gasteiger partial charge on any atom is 0.235 e. The highest BCUT2D eigenvalue weighted by Gasteiger charge is 2.13. The maximum atomic E-state index is 5.14. The molecule has 0 saturated carbocycles. The van der Waals surface area contributed by atoms with Gasteiger partial charge in [0.15, 0.2) is 5.82 Å². The summed E-state index contributed by atoms with van der Waals surface area (Å²) < 4.78 is 11.9. The quantitative estimate of drug-likeness (QED) is 0.729. The van der Waals surface area contributed by atoms with E-state index in [4.69, 9.17) is 9.47 Å². The van der Waals surface area contributed by atoms with E-state index >= 15 is 0 Å². The second-order valence-corrected chi connectivity index (χ2v) is 4.92.